The second-order valence-corrected chi connectivity index (χ2v) is 6.40. The first-order valence-electron chi connectivity index (χ1n) is 6.35. The lowest BCUT2D eigenvalue weighted by atomic mass is 10.1. The SMILES string of the molecule is O=S(=O)(N[C@@H]1CCCNC1)c1ccc(OC(F)(F)F)cc1. The van der Waals surface area contributed by atoms with E-state index < -0.39 is 22.1 Å². The van der Waals surface area contributed by atoms with Crippen molar-refractivity contribution in [2.45, 2.75) is 30.1 Å². The van der Waals surface area contributed by atoms with Crippen LogP contribution in [0.2, 0.25) is 0 Å². The van der Waals surface area contributed by atoms with Crippen LogP contribution in [0, 0.1) is 0 Å². The molecule has 1 heterocycles. The normalized spacial score (nSPS) is 20.2. The topological polar surface area (TPSA) is 67.4 Å². The Morgan fingerprint density at radius 2 is 1.90 bits per heavy atom. The van der Waals surface area contributed by atoms with E-state index in [0.717, 1.165) is 43.7 Å². The van der Waals surface area contributed by atoms with Crippen LogP contribution >= 0.6 is 0 Å². The highest BCUT2D eigenvalue weighted by Gasteiger charge is 2.31. The van der Waals surface area contributed by atoms with E-state index in [1.165, 1.54) is 0 Å². The summed E-state index contributed by atoms with van der Waals surface area (Å²) in [5.41, 5.74) is 0. The smallest absolute Gasteiger partial charge is 0.406 e. The van der Waals surface area contributed by atoms with Gasteiger partial charge in [0.15, 0.2) is 0 Å². The second kappa shape index (κ2) is 6.20. The molecule has 1 aromatic carbocycles. The molecule has 0 bridgehead atoms. The van der Waals surface area contributed by atoms with Crippen molar-refractivity contribution >= 4 is 10.0 Å². The number of ether oxygens (including phenoxy) is 1. The molecule has 0 aromatic heterocycles. The number of sulfonamides is 1. The van der Waals surface area contributed by atoms with E-state index in [1.807, 2.05) is 0 Å². The monoisotopic (exact) mass is 324 g/mol. The van der Waals surface area contributed by atoms with Gasteiger partial charge in [0.2, 0.25) is 10.0 Å². The van der Waals surface area contributed by atoms with Gasteiger partial charge in [0.1, 0.15) is 5.75 Å². The van der Waals surface area contributed by atoms with Gasteiger partial charge in [-0.25, -0.2) is 13.1 Å². The molecular weight excluding hydrogens is 309 g/mol. The van der Waals surface area contributed by atoms with E-state index in [0.29, 0.717) is 6.54 Å². The van der Waals surface area contributed by atoms with Gasteiger partial charge in [-0.2, -0.15) is 0 Å². The maximum atomic E-state index is 12.1. The van der Waals surface area contributed by atoms with Crippen molar-refractivity contribution < 1.29 is 26.3 Å². The number of halogens is 3. The molecule has 1 aliphatic heterocycles. The number of nitrogens with one attached hydrogen (secondary N) is 2. The lowest BCUT2D eigenvalue weighted by Gasteiger charge is -2.23. The van der Waals surface area contributed by atoms with Gasteiger partial charge < -0.3 is 10.1 Å². The van der Waals surface area contributed by atoms with Gasteiger partial charge in [0, 0.05) is 12.6 Å². The number of rotatable bonds is 4. The third kappa shape index (κ3) is 4.87. The van der Waals surface area contributed by atoms with E-state index in [4.69, 9.17) is 0 Å². The van der Waals surface area contributed by atoms with Crippen molar-refractivity contribution in [3.05, 3.63) is 24.3 Å². The van der Waals surface area contributed by atoms with Gasteiger partial charge in [0.05, 0.1) is 4.90 Å². The van der Waals surface area contributed by atoms with Crippen LogP contribution in [0.3, 0.4) is 0 Å². The summed E-state index contributed by atoms with van der Waals surface area (Å²) in [4.78, 5) is -0.0948. The third-order valence-electron chi connectivity index (χ3n) is 2.99. The van der Waals surface area contributed by atoms with E-state index in [1.54, 1.807) is 0 Å². The van der Waals surface area contributed by atoms with E-state index in [9.17, 15) is 21.6 Å². The minimum Gasteiger partial charge on any atom is -0.406 e. The van der Waals surface area contributed by atoms with Crippen LogP contribution in [0.1, 0.15) is 12.8 Å². The third-order valence-corrected chi connectivity index (χ3v) is 4.52. The van der Waals surface area contributed by atoms with Gasteiger partial charge in [-0.1, -0.05) is 0 Å². The average Bonchev–Trinajstić information content (AvgIpc) is 2.38. The molecule has 9 heteroatoms. The number of hydrogen-bond donors (Lipinski definition) is 2. The molecule has 1 aromatic rings. The van der Waals surface area contributed by atoms with Gasteiger partial charge >= 0.3 is 6.36 Å². The predicted molar refractivity (Wildman–Crippen MR) is 69.3 cm³/mol. The van der Waals surface area contributed by atoms with Gasteiger partial charge in [-0.3, -0.25) is 0 Å². The molecule has 0 amide bonds. The second-order valence-electron chi connectivity index (χ2n) is 4.68. The molecular formula is C12H15F3N2O3S. The van der Waals surface area contributed by atoms with Crippen LogP contribution in [0.5, 0.6) is 5.75 Å². The summed E-state index contributed by atoms with van der Waals surface area (Å²) >= 11 is 0. The molecule has 0 radical (unpaired) electrons. The molecule has 5 nitrogen and oxygen atoms in total. The molecule has 1 saturated heterocycles. The molecule has 0 spiro atoms. The van der Waals surface area contributed by atoms with Gasteiger partial charge in [0.25, 0.3) is 0 Å². The van der Waals surface area contributed by atoms with Gasteiger partial charge in [-0.15, -0.1) is 13.2 Å². The lowest BCUT2D eigenvalue weighted by molar-refractivity contribution is -0.274. The van der Waals surface area contributed by atoms with Crippen LogP contribution < -0.4 is 14.8 Å². The number of hydrogen-bond acceptors (Lipinski definition) is 4. The van der Waals surface area contributed by atoms with Crippen LogP contribution in [0.25, 0.3) is 0 Å². The Hall–Kier alpha value is -1.32. The first kappa shape index (κ1) is 16.1. The van der Waals surface area contributed by atoms with E-state index in [2.05, 4.69) is 14.8 Å². The highest BCUT2D eigenvalue weighted by molar-refractivity contribution is 7.89. The fraction of sp³-hybridized carbons (Fsp3) is 0.500. The first-order chi connectivity index (χ1) is 9.76. The van der Waals surface area contributed by atoms with Crippen molar-refractivity contribution in [1.82, 2.24) is 10.0 Å². The van der Waals surface area contributed by atoms with Crippen LogP contribution in [0.4, 0.5) is 13.2 Å². The quantitative estimate of drug-likeness (QED) is 0.883. The van der Waals surface area contributed by atoms with Crippen molar-refractivity contribution in [2.24, 2.45) is 0 Å². The maximum Gasteiger partial charge on any atom is 0.573 e. The summed E-state index contributed by atoms with van der Waals surface area (Å²) in [6.45, 7) is 1.39. The molecule has 1 atom stereocenters. The summed E-state index contributed by atoms with van der Waals surface area (Å²) in [5, 5.41) is 3.07. The summed E-state index contributed by atoms with van der Waals surface area (Å²) < 4.78 is 66.5. The summed E-state index contributed by atoms with van der Waals surface area (Å²) in [6.07, 6.45) is -3.21. The Morgan fingerprint density at radius 1 is 1.24 bits per heavy atom. The van der Waals surface area contributed by atoms with E-state index in [-0.39, 0.29) is 10.9 Å². The Balaban J connectivity index is 2.06. The molecule has 118 valence electrons. The molecule has 1 aliphatic rings. The Bertz CT molecular complexity index is 566. The minimum absolute atomic E-state index is 0.0948. The molecule has 21 heavy (non-hydrogen) atoms. The van der Waals surface area contributed by atoms with Crippen molar-refractivity contribution in [3.63, 3.8) is 0 Å². The Morgan fingerprint density at radius 3 is 2.43 bits per heavy atom. The maximum absolute atomic E-state index is 12.1. The zero-order valence-electron chi connectivity index (χ0n) is 11.0. The predicted octanol–water partition coefficient (Wildman–Crippen LogP) is 1.62. The highest BCUT2D eigenvalue weighted by atomic mass is 32.2. The van der Waals surface area contributed by atoms with Crippen molar-refractivity contribution in [2.75, 3.05) is 13.1 Å². The molecule has 0 aliphatic carbocycles. The summed E-state index contributed by atoms with van der Waals surface area (Å²) in [6, 6.07) is 3.90. The summed E-state index contributed by atoms with van der Waals surface area (Å²) in [7, 11) is -3.75. The minimum atomic E-state index is -4.80. The van der Waals surface area contributed by atoms with Crippen LogP contribution in [0.15, 0.2) is 29.2 Å². The van der Waals surface area contributed by atoms with E-state index >= 15 is 0 Å². The zero-order valence-corrected chi connectivity index (χ0v) is 11.8. The number of alkyl halides is 3. The lowest BCUT2D eigenvalue weighted by Crippen LogP contribution is -2.45. The molecule has 2 N–H and O–H groups in total. The fourth-order valence-corrected chi connectivity index (χ4v) is 3.33. The summed E-state index contributed by atoms with van der Waals surface area (Å²) in [5.74, 6) is -0.458. The molecule has 1 fully saturated rings. The highest BCUT2D eigenvalue weighted by Crippen LogP contribution is 2.24. The largest absolute Gasteiger partial charge is 0.573 e. The Labute approximate surface area is 120 Å². The van der Waals surface area contributed by atoms with Gasteiger partial charge in [-0.05, 0) is 43.7 Å². The van der Waals surface area contributed by atoms with Crippen LogP contribution in [-0.4, -0.2) is 33.9 Å². The average molecular weight is 324 g/mol. The number of piperidine rings is 1. The van der Waals surface area contributed by atoms with Crippen molar-refractivity contribution in [1.29, 1.82) is 0 Å². The first-order valence-corrected chi connectivity index (χ1v) is 7.83. The molecule has 0 saturated carbocycles. The Kier molecular flexibility index (Phi) is 4.74. The molecule has 2 rings (SSSR count). The number of benzene rings is 1. The fourth-order valence-electron chi connectivity index (χ4n) is 2.06. The molecule has 0 unspecified atom stereocenters. The van der Waals surface area contributed by atoms with Crippen molar-refractivity contribution in [3.8, 4) is 5.75 Å². The van der Waals surface area contributed by atoms with Crippen LogP contribution in [-0.2, 0) is 10.0 Å². The zero-order chi connectivity index (χ0) is 15.5. The standard InChI is InChI=1S/C12H15F3N2O3S/c13-12(14,15)20-10-3-5-11(6-4-10)21(18,19)17-9-2-1-7-16-8-9/h3-6,9,16-17H,1-2,7-8H2/t9-/m1/s1.